The van der Waals surface area contributed by atoms with Crippen LogP contribution in [0.3, 0.4) is 0 Å². The minimum atomic E-state index is -3.60. The summed E-state index contributed by atoms with van der Waals surface area (Å²) in [5.41, 5.74) is 4.24. The van der Waals surface area contributed by atoms with Crippen molar-refractivity contribution in [3.8, 4) is 11.1 Å². The lowest BCUT2D eigenvalue weighted by molar-refractivity contribution is -0.120. The molecular weight excluding hydrogens is 500 g/mol. The van der Waals surface area contributed by atoms with Crippen molar-refractivity contribution in [2.24, 2.45) is 0 Å². The van der Waals surface area contributed by atoms with Crippen LogP contribution in [0.2, 0.25) is 0 Å². The number of hydrogen-bond donors (Lipinski definition) is 4. The molecule has 38 heavy (non-hydrogen) atoms. The molecule has 9 nitrogen and oxygen atoms in total. The number of aromatic nitrogens is 2. The second-order valence-corrected chi connectivity index (χ2v) is 10.7. The van der Waals surface area contributed by atoms with Crippen LogP contribution in [-0.2, 0) is 27.8 Å². The topological polar surface area (TPSA) is 125 Å². The van der Waals surface area contributed by atoms with Crippen molar-refractivity contribution in [2.75, 3.05) is 23.7 Å². The van der Waals surface area contributed by atoms with E-state index in [0.29, 0.717) is 43.5 Å². The summed E-state index contributed by atoms with van der Waals surface area (Å²) in [6, 6.07) is 24.1. The summed E-state index contributed by atoms with van der Waals surface area (Å²) < 4.78 is 27.8. The first-order valence-electron chi connectivity index (χ1n) is 12.3. The van der Waals surface area contributed by atoms with E-state index in [1.807, 2.05) is 54.6 Å². The fourth-order valence-electron chi connectivity index (χ4n) is 4.09. The van der Waals surface area contributed by atoms with Crippen molar-refractivity contribution < 1.29 is 13.2 Å². The van der Waals surface area contributed by atoms with Crippen molar-refractivity contribution in [1.82, 2.24) is 20.0 Å². The molecule has 0 spiro atoms. The number of nitrogens with one attached hydrogen (secondary N) is 4. The van der Waals surface area contributed by atoms with Gasteiger partial charge in [0.25, 0.3) is 0 Å². The molecule has 0 atom stereocenters. The lowest BCUT2D eigenvalue weighted by atomic mass is 10.0. The fraction of sp³-hybridized carbons (Fsp3) is 0.179. The largest absolute Gasteiger partial charge is 0.369 e. The van der Waals surface area contributed by atoms with E-state index in [-0.39, 0.29) is 17.2 Å². The van der Waals surface area contributed by atoms with Crippen LogP contribution >= 0.6 is 0 Å². The van der Waals surface area contributed by atoms with Gasteiger partial charge in [0.05, 0.1) is 11.3 Å². The van der Waals surface area contributed by atoms with Crippen LogP contribution in [0.5, 0.6) is 0 Å². The van der Waals surface area contributed by atoms with Crippen LogP contribution in [0.1, 0.15) is 17.5 Å². The highest BCUT2D eigenvalue weighted by molar-refractivity contribution is 7.89. The van der Waals surface area contributed by atoms with Crippen LogP contribution < -0.4 is 20.7 Å². The average Bonchev–Trinajstić information content (AvgIpc) is 2.93. The molecule has 2 heterocycles. The van der Waals surface area contributed by atoms with Crippen molar-refractivity contribution in [2.45, 2.75) is 24.3 Å². The summed E-state index contributed by atoms with van der Waals surface area (Å²) in [6.07, 6.45) is 2.59. The standard InChI is InChI=1S/C28H28N6O3S/c35-26(30-18-21-6-2-1-3-7-21)16-20-10-12-22(13-11-20)25-19-31-28-33-23-8-4-9-24(17-23)38(36,37)32-15-5-14-29-27(25)34-28/h1-4,6-13,17,19,32H,5,14-16,18H2,(H,30,35)(H2,29,31,33,34). The lowest BCUT2D eigenvalue weighted by Gasteiger charge is -2.13. The van der Waals surface area contributed by atoms with Gasteiger partial charge in [-0.25, -0.2) is 18.1 Å². The smallest absolute Gasteiger partial charge is 0.240 e. The molecule has 5 rings (SSSR count). The van der Waals surface area contributed by atoms with E-state index in [1.165, 1.54) is 0 Å². The molecule has 4 N–H and O–H groups in total. The molecule has 0 unspecified atom stereocenters. The molecule has 1 aliphatic heterocycles. The quantitative estimate of drug-likeness (QED) is 0.310. The molecule has 4 aromatic rings. The number of carbonyl (C=O) groups is 1. The minimum absolute atomic E-state index is 0.0419. The number of benzene rings is 3. The first kappa shape index (κ1) is 25.4. The number of anilines is 3. The first-order valence-corrected chi connectivity index (χ1v) is 13.8. The lowest BCUT2D eigenvalue weighted by Crippen LogP contribution is -2.26. The molecule has 194 valence electrons. The van der Waals surface area contributed by atoms with Gasteiger partial charge in [-0.15, -0.1) is 0 Å². The van der Waals surface area contributed by atoms with E-state index in [9.17, 15) is 13.2 Å². The van der Waals surface area contributed by atoms with Crippen LogP contribution in [0.4, 0.5) is 17.5 Å². The molecular formula is C28H28N6O3S. The third-order valence-electron chi connectivity index (χ3n) is 6.09. The van der Waals surface area contributed by atoms with E-state index in [4.69, 9.17) is 0 Å². The van der Waals surface area contributed by atoms with Gasteiger partial charge in [-0.1, -0.05) is 60.7 Å². The Morgan fingerprint density at radius 3 is 2.55 bits per heavy atom. The highest BCUT2D eigenvalue weighted by atomic mass is 32.2. The van der Waals surface area contributed by atoms with Gasteiger partial charge < -0.3 is 16.0 Å². The first-order chi connectivity index (χ1) is 18.5. The van der Waals surface area contributed by atoms with Gasteiger partial charge in [-0.2, -0.15) is 4.98 Å². The van der Waals surface area contributed by atoms with E-state index in [1.54, 1.807) is 30.5 Å². The molecule has 10 heteroatoms. The van der Waals surface area contributed by atoms with Crippen molar-refractivity contribution >= 4 is 33.4 Å². The average molecular weight is 529 g/mol. The summed E-state index contributed by atoms with van der Waals surface area (Å²) in [5, 5.41) is 9.36. The van der Waals surface area contributed by atoms with Crippen molar-refractivity contribution in [3.63, 3.8) is 0 Å². The molecule has 1 amide bonds. The van der Waals surface area contributed by atoms with E-state index >= 15 is 0 Å². The van der Waals surface area contributed by atoms with E-state index in [2.05, 4.69) is 30.6 Å². The zero-order valence-corrected chi connectivity index (χ0v) is 21.5. The molecule has 1 aliphatic rings. The van der Waals surface area contributed by atoms with Gasteiger partial charge >= 0.3 is 0 Å². The predicted octanol–water partition coefficient (Wildman–Crippen LogP) is 3.84. The SMILES string of the molecule is O=C(Cc1ccc(-c2cnc3nc2NCCCNS(=O)(=O)c2cccc(c2)N3)cc1)NCc1ccccc1. The number of fused-ring (bicyclic) bond motifs is 4. The third-order valence-corrected chi connectivity index (χ3v) is 7.55. The summed E-state index contributed by atoms with van der Waals surface area (Å²) >= 11 is 0. The fourth-order valence-corrected chi connectivity index (χ4v) is 5.21. The van der Waals surface area contributed by atoms with Gasteiger partial charge in [0, 0.05) is 37.1 Å². The van der Waals surface area contributed by atoms with Gasteiger partial charge in [-0.3, -0.25) is 4.79 Å². The minimum Gasteiger partial charge on any atom is -0.369 e. The molecule has 0 fully saturated rings. The molecule has 0 saturated carbocycles. The molecule has 0 aliphatic carbocycles. The Kier molecular flexibility index (Phi) is 7.62. The van der Waals surface area contributed by atoms with E-state index < -0.39 is 10.0 Å². The van der Waals surface area contributed by atoms with Crippen LogP contribution in [-0.4, -0.2) is 37.4 Å². The Bertz CT molecular complexity index is 1530. The second-order valence-electron chi connectivity index (χ2n) is 8.92. The normalized spacial score (nSPS) is 14.5. The zero-order chi connectivity index (χ0) is 26.4. The van der Waals surface area contributed by atoms with Crippen molar-refractivity contribution in [3.05, 3.63) is 96.2 Å². The van der Waals surface area contributed by atoms with Crippen LogP contribution in [0, 0.1) is 0 Å². The van der Waals surface area contributed by atoms with Crippen molar-refractivity contribution in [1.29, 1.82) is 0 Å². The molecule has 3 aromatic carbocycles. The summed E-state index contributed by atoms with van der Waals surface area (Å²) in [7, 11) is -3.60. The monoisotopic (exact) mass is 528 g/mol. The molecule has 4 bridgehead atoms. The number of nitrogens with zero attached hydrogens (tertiary/aromatic N) is 2. The number of rotatable bonds is 5. The Morgan fingerprint density at radius 1 is 0.921 bits per heavy atom. The Balaban J connectivity index is 1.32. The molecule has 0 saturated heterocycles. The summed E-state index contributed by atoms with van der Waals surface area (Å²) in [5.74, 6) is 0.943. The summed E-state index contributed by atoms with van der Waals surface area (Å²) in [6.45, 7) is 1.31. The molecule has 0 radical (unpaired) electrons. The van der Waals surface area contributed by atoms with Gasteiger partial charge in [-0.05, 0) is 41.3 Å². The highest BCUT2D eigenvalue weighted by Crippen LogP contribution is 2.28. The zero-order valence-electron chi connectivity index (χ0n) is 20.6. The number of amides is 1. The predicted molar refractivity (Wildman–Crippen MR) is 147 cm³/mol. The maximum atomic E-state index is 12.6. The van der Waals surface area contributed by atoms with Crippen LogP contribution in [0.15, 0.2) is 90.0 Å². The number of hydrogen-bond acceptors (Lipinski definition) is 7. The number of carbonyl (C=O) groups excluding carboxylic acids is 1. The summed E-state index contributed by atoms with van der Waals surface area (Å²) in [4.78, 5) is 21.7. The van der Waals surface area contributed by atoms with Gasteiger partial charge in [0.2, 0.25) is 21.9 Å². The molecule has 1 aromatic heterocycles. The third kappa shape index (κ3) is 6.34. The van der Waals surface area contributed by atoms with Gasteiger partial charge in [0.15, 0.2) is 0 Å². The Morgan fingerprint density at radius 2 is 1.74 bits per heavy atom. The van der Waals surface area contributed by atoms with Crippen LogP contribution in [0.25, 0.3) is 11.1 Å². The second kappa shape index (κ2) is 11.4. The highest BCUT2D eigenvalue weighted by Gasteiger charge is 2.16. The van der Waals surface area contributed by atoms with E-state index in [0.717, 1.165) is 22.3 Å². The Labute approximate surface area is 221 Å². The maximum absolute atomic E-state index is 12.6. The number of sulfonamides is 1. The van der Waals surface area contributed by atoms with Gasteiger partial charge in [0.1, 0.15) is 5.82 Å². The Hall–Kier alpha value is -4.28. The maximum Gasteiger partial charge on any atom is 0.240 e.